The van der Waals surface area contributed by atoms with Crippen LogP contribution < -0.4 is 10.1 Å². The molecule has 1 aliphatic rings. The average molecular weight is 259 g/mol. The molecule has 0 fully saturated rings. The highest BCUT2D eigenvalue weighted by Gasteiger charge is 2.23. The first-order valence-electron chi connectivity index (χ1n) is 6.70. The van der Waals surface area contributed by atoms with Crippen LogP contribution in [0, 0.1) is 11.3 Å². The van der Waals surface area contributed by atoms with Crippen molar-refractivity contribution in [3.05, 3.63) is 29.8 Å². The molecule has 0 amide bonds. The molecule has 0 aliphatic carbocycles. The van der Waals surface area contributed by atoms with Gasteiger partial charge >= 0.3 is 0 Å². The lowest BCUT2D eigenvalue weighted by molar-refractivity contribution is 0.211. The molecule has 4 nitrogen and oxygen atoms in total. The summed E-state index contributed by atoms with van der Waals surface area (Å²) in [5.41, 5.74) is 0.773. The molecule has 1 unspecified atom stereocenters. The van der Waals surface area contributed by atoms with E-state index >= 15 is 0 Å². The molecule has 4 heteroatoms. The second kappa shape index (κ2) is 6.05. The van der Waals surface area contributed by atoms with Crippen LogP contribution >= 0.6 is 0 Å². The van der Waals surface area contributed by atoms with E-state index < -0.39 is 5.54 Å². The van der Waals surface area contributed by atoms with Crippen LogP contribution in [0.4, 0.5) is 0 Å². The molecule has 102 valence electrons. The Morgan fingerprint density at radius 3 is 3.00 bits per heavy atom. The highest BCUT2D eigenvalue weighted by atomic mass is 16.5. The van der Waals surface area contributed by atoms with Gasteiger partial charge in [0.15, 0.2) is 0 Å². The summed E-state index contributed by atoms with van der Waals surface area (Å²) in [6, 6.07) is 10.5. The molecular weight excluding hydrogens is 238 g/mol. The summed E-state index contributed by atoms with van der Waals surface area (Å²) in [5.74, 6) is 0.988. The fraction of sp³-hybridized carbons (Fsp3) is 0.533. The summed E-state index contributed by atoms with van der Waals surface area (Å²) in [4.78, 5) is 2.35. The van der Waals surface area contributed by atoms with Crippen LogP contribution in [0.1, 0.15) is 18.9 Å². The molecule has 2 rings (SSSR count). The van der Waals surface area contributed by atoms with E-state index in [-0.39, 0.29) is 0 Å². The van der Waals surface area contributed by atoms with Crippen molar-refractivity contribution in [2.75, 3.05) is 26.7 Å². The number of benzene rings is 1. The van der Waals surface area contributed by atoms with Crippen LogP contribution in [0.3, 0.4) is 0 Å². The zero-order valence-electron chi connectivity index (χ0n) is 11.6. The van der Waals surface area contributed by atoms with Gasteiger partial charge in [-0.3, -0.25) is 4.90 Å². The Kier molecular flexibility index (Phi) is 4.41. The van der Waals surface area contributed by atoms with E-state index in [0.29, 0.717) is 6.61 Å². The molecule has 1 heterocycles. The summed E-state index contributed by atoms with van der Waals surface area (Å²) < 4.78 is 5.74. The van der Waals surface area contributed by atoms with Crippen LogP contribution in [0.25, 0.3) is 0 Å². The Bertz CT molecular complexity index is 469. The van der Waals surface area contributed by atoms with Crippen molar-refractivity contribution in [1.29, 1.82) is 5.26 Å². The minimum Gasteiger partial charge on any atom is -0.492 e. The van der Waals surface area contributed by atoms with Gasteiger partial charge in [-0.15, -0.1) is 0 Å². The topological polar surface area (TPSA) is 48.3 Å². The standard InChI is InChI=1S/C15H21N3O/c1-15(12-16,17-2)7-8-18-9-10-19-14-6-4-3-5-13(14)11-18/h3-6,17H,7-11H2,1-2H3. The van der Waals surface area contributed by atoms with Gasteiger partial charge in [0.2, 0.25) is 0 Å². The molecule has 0 aromatic heterocycles. The zero-order valence-corrected chi connectivity index (χ0v) is 11.6. The van der Waals surface area contributed by atoms with Crippen molar-refractivity contribution >= 4 is 0 Å². The third-order valence-corrected chi connectivity index (χ3v) is 3.76. The van der Waals surface area contributed by atoms with Gasteiger partial charge in [0.05, 0.1) is 6.07 Å². The van der Waals surface area contributed by atoms with Crippen molar-refractivity contribution in [3.63, 3.8) is 0 Å². The number of hydrogen-bond donors (Lipinski definition) is 1. The summed E-state index contributed by atoms with van der Waals surface area (Å²) in [6.07, 6.45) is 0.808. The molecule has 0 spiro atoms. The van der Waals surface area contributed by atoms with E-state index in [1.165, 1.54) is 5.56 Å². The van der Waals surface area contributed by atoms with Gasteiger partial charge in [-0.25, -0.2) is 0 Å². The third-order valence-electron chi connectivity index (χ3n) is 3.76. The molecule has 19 heavy (non-hydrogen) atoms. The monoisotopic (exact) mass is 259 g/mol. The van der Waals surface area contributed by atoms with Crippen molar-refractivity contribution in [2.45, 2.75) is 25.4 Å². The van der Waals surface area contributed by atoms with Crippen LogP contribution in [0.15, 0.2) is 24.3 Å². The van der Waals surface area contributed by atoms with E-state index in [1.807, 2.05) is 32.2 Å². The molecule has 1 aromatic carbocycles. The lowest BCUT2D eigenvalue weighted by Gasteiger charge is -2.26. The molecule has 0 bridgehead atoms. The van der Waals surface area contributed by atoms with E-state index in [1.54, 1.807) is 0 Å². The first-order chi connectivity index (χ1) is 9.17. The molecule has 1 atom stereocenters. The quantitative estimate of drug-likeness (QED) is 0.895. The number of nitriles is 1. The molecule has 0 saturated carbocycles. The predicted octanol–water partition coefficient (Wildman–Crippen LogP) is 1.77. The normalized spacial score (nSPS) is 18.6. The highest BCUT2D eigenvalue weighted by Crippen LogP contribution is 2.23. The Labute approximate surface area is 115 Å². The number of nitrogens with zero attached hydrogens (tertiary/aromatic N) is 2. The number of rotatable bonds is 4. The van der Waals surface area contributed by atoms with Crippen molar-refractivity contribution in [1.82, 2.24) is 10.2 Å². The van der Waals surface area contributed by atoms with E-state index in [4.69, 9.17) is 4.74 Å². The minimum absolute atomic E-state index is 0.452. The van der Waals surface area contributed by atoms with E-state index in [2.05, 4.69) is 22.4 Å². The Morgan fingerprint density at radius 1 is 1.47 bits per heavy atom. The van der Waals surface area contributed by atoms with Crippen molar-refractivity contribution < 1.29 is 4.74 Å². The lowest BCUT2D eigenvalue weighted by Crippen LogP contribution is -2.42. The minimum atomic E-state index is -0.452. The second-order valence-corrected chi connectivity index (χ2v) is 5.18. The molecule has 1 aromatic rings. The summed E-state index contributed by atoms with van der Waals surface area (Å²) in [7, 11) is 1.84. The Hall–Kier alpha value is -1.57. The second-order valence-electron chi connectivity index (χ2n) is 5.18. The first-order valence-corrected chi connectivity index (χ1v) is 6.70. The van der Waals surface area contributed by atoms with Gasteiger partial charge < -0.3 is 10.1 Å². The average Bonchev–Trinajstić information content (AvgIpc) is 2.66. The Balaban J connectivity index is 1.98. The van der Waals surface area contributed by atoms with Gasteiger partial charge in [0.1, 0.15) is 17.9 Å². The van der Waals surface area contributed by atoms with Crippen LogP contribution in [-0.4, -0.2) is 37.2 Å². The number of para-hydroxylation sites is 1. The highest BCUT2D eigenvalue weighted by molar-refractivity contribution is 5.33. The third kappa shape index (κ3) is 3.46. The molecule has 1 N–H and O–H groups in total. The maximum atomic E-state index is 9.17. The molecular formula is C15H21N3O. The molecule has 1 aliphatic heterocycles. The molecule has 0 radical (unpaired) electrons. The van der Waals surface area contributed by atoms with E-state index in [0.717, 1.165) is 31.8 Å². The number of hydrogen-bond acceptors (Lipinski definition) is 4. The largest absolute Gasteiger partial charge is 0.492 e. The van der Waals surface area contributed by atoms with Gasteiger partial charge in [-0.1, -0.05) is 18.2 Å². The van der Waals surface area contributed by atoms with Crippen molar-refractivity contribution in [3.8, 4) is 11.8 Å². The number of ether oxygens (including phenoxy) is 1. The van der Waals surface area contributed by atoms with E-state index in [9.17, 15) is 5.26 Å². The molecule has 0 saturated heterocycles. The maximum absolute atomic E-state index is 9.17. The summed E-state index contributed by atoms with van der Waals surface area (Å²) in [6.45, 7) is 5.33. The fourth-order valence-corrected chi connectivity index (χ4v) is 2.19. The van der Waals surface area contributed by atoms with Crippen molar-refractivity contribution in [2.24, 2.45) is 0 Å². The van der Waals surface area contributed by atoms with Crippen LogP contribution in [0.5, 0.6) is 5.75 Å². The number of nitrogens with one attached hydrogen (secondary N) is 1. The lowest BCUT2D eigenvalue weighted by atomic mass is 10.00. The first kappa shape index (κ1) is 13.9. The summed E-state index contributed by atoms with van der Waals surface area (Å²) in [5, 5.41) is 12.3. The fourth-order valence-electron chi connectivity index (χ4n) is 2.19. The summed E-state index contributed by atoms with van der Waals surface area (Å²) >= 11 is 0. The van der Waals surface area contributed by atoms with Gasteiger partial charge in [-0.05, 0) is 26.5 Å². The zero-order chi connectivity index (χ0) is 13.7. The predicted molar refractivity (Wildman–Crippen MR) is 74.9 cm³/mol. The van der Waals surface area contributed by atoms with Crippen LogP contribution in [0.2, 0.25) is 0 Å². The van der Waals surface area contributed by atoms with Gasteiger partial charge in [-0.2, -0.15) is 5.26 Å². The Morgan fingerprint density at radius 2 is 2.26 bits per heavy atom. The smallest absolute Gasteiger partial charge is 0.123 e. The van der Waals surface area contributed by atoms with Gasteiger partial charge in [0.25, 0.3) is 0 Å². The van der Waals surface area contributed by atoms with Crippen LogP contribution in [-0.2, 0) is 6.54 Å². The number of fused-ring (bicyclic) bond motifs is 1. The maximum Gasteiger partial charge on any atom is 0.123 e. The SMILES string of the molecule is CNC(C)(C#N)CCN1CCOc2ccccc2C1. The van der Waals surface area contributed by atoms with Gasteiger partial charge in [0, 0.05) is 25.2 Å².